The zero-order valence-corrected chi connectivity index (χ0v) is 15.8. The minimum Gasteiger partial charge on any atom is -0.507 e. The van der Waals surface area contributed by atoms with Crippen LogP contribution in [0.5, 0.6) is 11.5 Å². The fourth-order valence-electron chi connectivity index (χ4n) is 2.86. The third-order valence-corrected chi connectivity index (χ3v) is 4.23. The second-order valence-corrected chi connectivity index (χ2v) is 6.33. The SMILES string of the molecule is CCCOc1ccc(/C=C/C(=O)Nc2cccc3c(O)cccc23)cc1[N+](=O)[O-]. The smallest absolute Gasteiger partial charge is 0.311 e. The van der Waals surface area contributed by atoms with E-state index in [9.17, 15) is 20.0 Å². The summed E-state index contributed by atoms with van der Waals surface area (Å²) < 4.78 is 5.39. The van der Waals surface area contributed by atoms with Gasteiger partial charge in [0.1, 0.15) is 5.75 Å². The van der Waals surface area contributed by atoms with Crippen molar-refractivity contribution in [2.75, 3.05) is 11.9 Å². The Bertz CT molecular complexity index is 1090. The quantitative estimate of drug-likeness (QED) is 0.338. The molecule has 29 heavy (non-hydrogen) atoms. The second-order valence-electron chi connectivity index (χ2n) is 6.33. The van der Waals surface area contributed by atoms with E-state index < -0.39 is 10.8 Å². The number of carbonyl (C=O) groups is 1. The van der Waals surface area contributed by atoms with Crippen molar-refractivity contribution in [3.05, 3.63) is 76.4 Å². The maximum atomic E-state index is 12.3. The van der Waals surface area contributed by atoms with Crippen molar-refractivity contribution in [2.45, 2.75) is 13.3 Å². The summed E-state index contributed by atoms with van der Waals surface area (Å²) in [5.74, 6) is -0.0596. The van der Waals surface area contributed by atoms with E-state index in [2.05, 4.69) is 5.32 Å². The first kappa shape index (κ1) is 19.9. The van der Waals surface area contributed by atoms with Crippen molar-refractivity contribution < 1.29 is 19.6 Å². The highest BCUT2D eigenvalue weighted by Gasteiger charge is 2.15. The third kappa shape index (κ3) is 4.70. The summed E-state index contributed by atoms with van der Waals surface area (Å²) in [6.45, 7) is 2.30. The van der Waals surface area contributed by atoms with E-state index in [4.69, 9.17) is 4.74 Å². The van der Waals surface area contributed by atoms with Crippen LogP contribution in [0.4, 0.5) is 11.4 Å². The van der Waals surface area contributed by atoms with Gasteiger partial charge in [0, 0.05) is 28.6 Å². The molecule has 0 atom stereocenters. The maximum absolute atomic E-state index is 12.3. The summed E-state index contributed by atoms with van der Waals surface area (Å²) in [7, 11) is 0. The molecule has 0 aliphatic carbocycles. The molecular weight excluding hydrogens is 372 g/mol. The lowest BCUT2D eigenvalue weighted by molar-refractivity contribution is -0.385. The highest BCUT2D eigenvalue weighted by Crippen LogP contribution is 2.30. The Labute approximate surface area is 167 Å². The number of nitrogens with zero attached hydrogens (tertiary/aromatic N) is 1. The highest BCUT2D eigenvalue weighted by molar-refractivity contribution is 6.08. The number of nitrogens with one attached hydrogen (secondary N) is 1. The lowest BCUT2D eigenvalue weighted by Crippen LogP contribution is -2.08. The number of ether oxygens (including phenoxy) is 1. The van der Waals surface area contributed by atoms with Gasteiger partial charge in [-0.15, -0.1) is 0 Å². The van der Waals surface area contributed by atoms with Crippen LogP contribution in [-0.2, 0) is 4.79 Å². The number of aromatic hydroxyl groups is 1. The molecule has 3 aromatic rings. The Morgan fingerprint density at radius 1 is 1.17 bits per heavy atom. The third-order valence-electron chi connectivity index (χ3n) is 4.23. The Balaban J connectivity index is 1.78. The van der Waals surface area contributed by atoms with Gasteiger partial charge in [0.25, 0.3) is 0 Å². The molecule has 0 bridgehead atoms. The van der Waals surface area contributed by atoms with Crippen molar-refractivity contribution in [1.82, 2.24) is 0 Å². The number of hydrogen-bond donors (Lipinski definition) is 2. The normalized spacial score (nSPS) is 10.9. The number of rotatable bonds is 7. The summed E-state index contributed by atoms with van der Waals surface area (Å²) in [4.78, 5) is 23.1. The molecule has 3 aromatic carbocycles. The monoisotopic (exact) mass is 392 g/mol. The van der Waals surface area contributed by atoms with Crippen LogP contribution < -0.4 is 10.1 Å². The number of nitro benzene ring substituents is 1. The van der Waals surface area contributed by atoms with Gasteiger partial charge in [0.05, 0.1) is 11.5 Å². The summed E-state index contributed by atoms with van der Waals surface area (Å²) in [6, 6.07) is 14.8. The van der Waals surface area contributed by atoms with Gasteiger partial charge in [-0.1, -0.05) is 37.3 Å². The van der Waals surface area contributed by atoms with E-state index in [1.807, 2.05) is 6.92 Å². The van der Waals surface area contributed by atoms with E-state index in [0.717, 1.165) is 6.42 Å². The molecule has 3 rings (SSSR count). The van der Waals surface area contributed by atoms with Crippen LogP contribution in [0.1, 0.15) is 18.9 Å². The van der Waals surface area contributed by atoms with Gasteiger partial charge in [-0.05, 0) is 36.3 Å². The van der Waals surface area contributed by atoms with Crippen molar-refractivity contribution in [2.24, 2.45) is 0 Å². The molecule has 0 radical (unpaired) electrons. The Hall–Kier alpha value is -3.87. The van der Waals surface area contributed by atoms with E-state index >= 15 is 0 Å². The van der Waals surface area contributed by atoms with Crippen LogP contribution in [0.15, 0.2) is 60.7 Å². The van der Waals surface area contributed by atoms with Gasteiger partial charge in [0.15, 0.2) is 5.75 Å². The number of fused-ring (bicyclic) bond motifs is 1. The number of phenols is 1. The fraction of sp³-hybridized carbons (Fsp3) is 0.136. The fourth-order valence-corrected chi connectivity index (χ4v) is 2.86. The van der Waals surface area contributed by atoms with Crippen molar-refractivity contribution >= 4 is 34.1 Å². The van der Waals surface area contributed by atoms with Gasteiger partial charge >= 0.3 is 5.69 Å². The highest BCUT2D eigenvalue weighted by atomic mass is 16.6. The van der Waals surface area contributed by atoms with Gasteiger partial charge in [0.2, 0.25) is 5.91 Å². The van der Waals surface area contributed by atoms with E-state index in [1.54, 1.807) is 42.5 Å². The predicted octanol–water partition coefficient (Wildman–Crippen LogP) is 4.89. The molecule has 0 saturated carbocycles. The molecule has 0 unspecified atom stereocenters. The number of phenolic OH excluding ortho intramolecular Hbond substituents is 1. The Morgan fingerprint density at radius 2 is 1.93 bits per heavy atom. The average molecular weight is 392 g/mol. The Kier molecular flexibility index (Phi) is 6.09. The molecule has 0 fully saturated rings. The first-order valence-electron chi connectivity index (χ1n) is 9.10. The van der Waals surface area contributed by atoms with Gasteiger partial charge in [-0.3, -0.25) is 14.9 Å². The first-order valence-corrected chi connectivity index (χ1v) is 9.10. The summed E-state index contributed by atoms with van der Waals surface area (Å²) in [5, 5.41) is 25.3. The predicted molar refractivity (Wildman–Crippen MR) is 112 cm³/mol. The van der Waals surface area contributed by atoms with Crippen LogP contribution in [0.25, 0.3) is 16.8 Å². The number of hydrogen-bond acceptors (Lipinski definition) is 5. The largest absolute Gasteiger partial charge is 0.507 e. The summed E-state index contributed by atoms with van der Waals surface area (Å²) in [6.07, 6.45) is 3.53. The molecular formula is C22H20N2O5. The number of anilines is 1. The molecule has 0 heterocycles. The van der Waals surface area contributed by atoms with E-state index in [-0.39, 0.29) is 17.2 Å². The molecule has 0 aromatic heterocycles. The van der Waals surface area contributed by atoms with Crippen LogP contribution >= 0.6 is 0 Å². The molecule has 7 heteroatoms. The first-order chi connectivity index (χ1) is 14.0. The average Bonchev–Trinajstić information content (AvgIpc) is 2.71. The van der Waals surface area contributed by atoms with Crippen molar-refractivity contribution in [3.8, 4) is 11.5 Å². The second kappa shape index (κ2) is 8.88. The zero-order valence-electron chi connectivity index (χ0n) is 15.8. The Morgan fingerprint density at radius 3 is 2.69 bits per heavy atom. The van der Waals surface area contributed by atoms with E-state index in [0.29, 0.717) is 28.6 Å². The standard InChI is InChI=1S/C22H20N2O5/c1-2-13-29-21-11-9-15(14-19(21)24(27)28)10-12-22(26)23-18-7-3-6-17-16(18)5-4-8-20(17)25/h3-12,14,25H,2,13H2,1H3,(H,23,26)/b12-10+. The van der Waals surface area contributed by atoms with Crippen LogP contribution in [0.2, 0.25) is 0 Å². The van der Waals surface area contributed by atoms with Crippen molar-refractivity contribution in [1.29, 1.82) is 0 Å². The minimum absolute atomic E-state index is 0.131. The lowest BCUT2D eigenvalue weighted by Gasteiger charge is -2.08. The molecule has 0 aliphatic heterocycles. The maximum Gasteiger partial charge on any atom is 0.311 e. The van der Waals surface area contributed by atoms with Crippen LogP contribution in [-0.4, -0.2) is 22.5 Å². The number of nitro groups is 1. The summed E-state index contributed by atoms with van der Waals surface area (Å²) >= 11 is 0. The zero-order chi connectivity index (χ0) is 20.8. The van der Waals surface area contributed by atoms with Crippen LogP contribution in [0.3, 0.4) is 0 Å². The lowest BCUT2D eigenvalue weighted by atomic mass is 10.1. The van der Waals surface area contributed by atoms with Gasteiger partial charge in [-0.25, -0.2) is 0 Å². The van der Waals surface area contributed by atoms with E-state index in [1.165, 1.54) is 24.3 Å². The molecule has 0 aliphatic rings. The number of amides is 1. The number of benzene rings is 3. The molecule has 0 saturated heterocycles. The van der Waals surface area contributed by atoms with Gasteiger partial charge < -0.3 is 15.2 Å². The van der Waals surface area contributed by atoms with Crippen LogP contribution in [0, 0.1) is 10.1 Å². The van der Waals surface area contributed by atoms with Crippen molar-refractivity contribution in [3.63, 3.8) is 0 Å². The minimum atomic E-state index is -0.509. The molecule has 7 nitrogen and oxygen atoms in total. The topological polar surface area (TPSA) is 102 Å². The molecule has 2 N–H and O–H groups in total. The summed E-state index contributed by atoms with van der Waals surface area (Å²) in [5.41, 5.74) is 0.916. The number of carbonyl (C=O) groups excluding carboxylic acids is 1. The molecule has 1 amide bonds. The van der Waals surface area contributed by atoms with Gasteiger partial charge in [-0.2, -0.15) is 0 Å². The molecule has 0 spiro atoms. The molecule has 148 valence electrons.